The first-order chi connectivity index (χ1) is 18.0. The van der Waals surface area contributed by atoms with E-state index >= 15 is 0 Å². The number of amides is 1. The zero-order chi connectivity index (χ0) is 27.6. The van der Waals surface area contributed by atoms with Crippen LogP contribution in [0.15, 0.2) is 75.8 Å². The number of benzene rings is 4. The van der Waals surface area contributed by atoms with Gasteiger partial charge in [-0.3, -0.25) is 9.35 Å². The van der Waals surface area contributed by atoms with E-state index in [1.807, 2.05) is 0 Å². The Hall–Kier alpha value is -2.70. The largest absolute Gasteiger partial charge is 1.00 e. The minimum atomic E-state index is -4.55. The maximum absolute atomic E-state index is 13.4. The summed E-state index contributed by atoms with van der Waals surface area (Å²) >= 11 is 12.6. The molecule has 0 aliphatic rings. The SMILES string of the molecule is CCOc1cccc(NC(=O)c2cc3ccccc3c(N=Nc3cc(S(=O)(=O)O)c(C)cc3Cl)c2[O-])c1Cl.[Na+]. The summed E-state index contributed by atoms with van der Waals surface area (Å²) in [6.07, 6.45) is 0. The van der Waals surface area contributed by atoms with Gasteiger partial charge in [-0.2, -0.15) is 13.5 Å². The molecule has 2 N–H and O–H groups in total. The zero-order valence-electron chi connectivity index (χ0n) is 21.0. The quantitative estimate of drug-likeness (QED) is 0.189. The number of carbonyl (C=O) groups excluding carboxylic acids is 1. The predicted octanol–water partition coefficient (Wildman–Crippen LogP) is 3.85. The molecule has 0 bridgehead atoms. The molecule has 0 aromatic heterocycles. The minimum absolute atomic E-state index is 0. The number of hydrogen-bond acceptors (Lipinski definition) is 7. The van der Waals surface area contributed by atoms with E-state index in [9.17, 15) is 22.9 Å². The van der Waals surface area contributed by atoms with E-state index in [1.165, 1.54) is 19.1 Å². The van der Waals surface area contributed by atoms with Crippen LogP contribution in [0, 0.1) is 6.92 Å². The molecule has 0 saturated carbocycles. The van der Waals surface area contributed by atoms with Gasteiger partial charge >= 0.3 is 29.6 Å². The summed E-state index contributed by atoms with van der Waals surface area (Å²) in [5.41, 5.74) is -0.0148. The maximum atomic E-state index is 13.4. The molecule has 0 saturated heterocycles. The molecule has 0 heterocycles. The molecule has 4 aromatic rings. The van der Waals surface area contributed by atoms with Crippen LogP contribution < -0.4 is 44.7 Å². The first-order valence-corrected chi connectivity index (χ1v) is 13.4. The van der Waals surface area contributed by atoms with Crippen molar-refractivity contribution in [3.05, 3.63) is 81.8 Å². The molecule has 0 unspecified atom stereocenters. The van der Waals surface area contributed by atoms with Crippen LogP contribution in [0.4, 0.5) is 17.1 Å². The maximum Gasteiger partial charge on any atom is 1.00 e. The molecule has 0 aliphatic heterocycles. The summed E-state index contributed by atoms with van der Waals surface area (Å²) in [6, 6.07) is 15.4. The molecule has 1 amide bonds. The average molecular weight is 596 g/mol. The van der Waals surface area contributed by atoms with Crippen molar-refractivity contribution in [2.45, 2.75) is 18.7 Å². The Kier molecular flexibility index (Phi) is 10.0. The fourth-order valence-electron chi connectivity index (χ4n) is 3.74. The summed E-state index contributed by atoms with van der Waals surface area (Å²) in [6.45, 7) is 3.62. The Morgan fingerprint density at radius 1 is 1.08 bits per heavy atom. The topological polar surface area (TPSA) is 140 Å². The number of nitrogens with zero attached hydrogens (tertiary/aromatic N) is 2. The summed E-state index contributed by atoms with van der Waals surface area (Å²) in [7, 11) is -4.55. The number of fused-ring (bicyclic) bond motifs is 1. The van der Waals surface area contributed by atoms with Crippen molar-refractivity contribution in [3.63, 3.8) is 0 Å². The van der Waals surface area contributed by atoms with Gasteiger partial charge in [-0.05, 0) is 55.1 Å². The number of carbonyl (C=O) groups is 1. The van der Waals surface area contributed by atoms with Crippen LogP contribution in [0.2, 0.25) is 10.0 Å². The van der Waals surface area contributed by atoms with E-state index < -0.39 is 26.7 Å². The number of halogens is 2. The average Bonchev–Trinajstić information content (AvgIpc) is 2.86. The van der Waals surface area contributed by atoms with E-state index in [0.717, 1.165) is 6.07 Å². The van der Waals surface area contributed by atoms with Crippen LogP contribution in [-0.4, -0.2) is 25.5 Å². The van der Waals surface area contributed by atoms with Crippen LogP contribution in [-0.2, 0) is 10.1 Å². The van der Waals surface area contributed by atoms with Gasteiger partial charge in [0.15, 0.2) is 0 Å². The molecule has 4 rings (SSSR count). The van der Waals surface area contributed by atoms with Gasteiger partial charge in [0.05, 0.1) is 27.9 Å². The monoisotopic (exact) mass is 595 g/mol. The molecular weight excluding hydrogens is 576 g/mol. The van der Waals surface area contributed by atoms with Gasteiger partial charge in [0, 0.05) is 10.9 Å². The van der Waals surface area contributed by atoms with Crippen LogP contribution in [0.5, 0.6) is 11.5 Å². The van der Waals surface area contributed by atoms with Gasteiger partial charge < -0.3 is 15.2 Å². The van der Waals surface area contributed by atoms with Crippen molar-refractivity contribution in [2.75, 3.05) is 11.9 Å². The van der Waals surface area contributed by atoms with Crippen LogP contribution in [0.3, 0.4) is 0 Å². The Morgan fingerprint density at radius 3 is 2.49 bits per heavy atom. The number of azo groups is 1. The number of ether oxygens (including phenoxy) is 1. The fourth-order valence-corrected chi connectivity index (χ4v) is 4.95. The Morgan fingerprint density at radius 2 is 1.79 bits per heavy atom. The molecule has 0 aliphatic carbocycles. The summed E-state index contributed by atoms with van der Waals surface area (Å²) in [5, 5.41) is 25.3. The van der Waals surface area contributed by atoms with Crippen molar-refractivity contribution in [1.82, 2.24) is 0 Å². The third-order valence-corrected chi connectivity index (χ3v) is 7.20. The number of rotatable bonds is 7. The van der Waals surface area contributed by atoms with Crippen molar-refractivity contribution in [1.29, 1.82) is 0 Å². The number of aryl methyl sites for hydroxylation is 1. The molecule has 4 aromatic carbocycles. The second-order valence-corrected chi connectivity index (χ2v) is 10.2. The summed E-state index contributed by atoms with van der Waals surface area (Å²) in [5.74, 6) is -1.07. The standard InChI is InChI=1S/C26H21Cl2N3O6S.Na/c1-3-37-21-10-6-9-19(23(21)28)29-26(33)17-12-15-7-4-5-8-16(15)24(25(17)32)31-30-20-13-22(38(34,35)36)14(2)11-18(20)27;/h4-13,32H,3H2,1-2H3,(H,29,33)(H,34,35,36);/q;+1/p-1. The van der Waals surface area contributed by atoms with Gasteiger partial charge in [0.2, 0.25) is 0 Å². The summed E-state index contributed by atoms with van der Waals surface area (Å²) in [4.78, 5) is 12.8. The van der Waals surface area contributed by atoms with E-state index in [1.54, 1.807) is 49.4 Å². The fraction of sp³-hybridized carbons (Fsp3) is 0.115. The molecule has 9 nitrogen and oxygen atoms in total. The van der Waals surface area contributed by atoms with Gasteiger partial charge in [-0.25, -0.2) is 0 Å². The molecule has 196 valence electrons. The molecule has 0 radical (unpaired) electrons. The van der Waals surface area contributed by atoms with Crippen LogP contribution in [0.25, 0.3) is 10.8 Å². The first-order valence-electron chi connectivity index (χ1n) is 11.2. The van der Waals surface area contributed by atoms with Crippen molar-refractivity contribution < 1.29 is 57.2 Å². The van der Waals surface area contributed by atoms with Gasteiger partial charge in [0.1, 0.15) is 16.5 Å². The normalized spacial score (nSPS) is 11.4. The summed E-state index contributed by atoms with van der Waals surface area (Å²) < 4.78 is 38.3. The molecule has 0 spiro atoms. The first kappa shape index (κ1) is 30.8. The van der Waals surface area contributed by atoms with E-state index in [0.29, 0.717) is 23.1 Å². The molecular formula is C26H20Cl2N3NaO6S. The van der Waals surface area contributed by atoms with Gasteiger partial charge in [-0.15, -0.1) is 5.11 Å². The molecule has 0 atom stereocenters. The van der Waals surface area contributed by atoms with Crippen molar-refractivity contribution in [3.8, 4) is 11.5 Å². The van der Waals surface area contributed by atoms with Crippen LogP contribution >= 0.6 is 23.2 Å². The second kappa shape index (κ2) is 12.6. The minimum Gasteiger partial charge on any atom is -0.870 e. The Labute approximate surface area is 256 Å². The number of anilines is 1. The van der Waals surface area contributed by atoms with Crippen molar-refractivity contribution in [2.24, 2.45) is 10.2 Å². The molecule has 13 heteroatoms. The zero-order valence-corrected chi connectivity index (χ0v) is 25.4. The molecule has 0 fully saturated rings. The predicted molar refractivity (Wildman–Crippen MR) is 144 cm³/mol. The van der Waals surface area contributed by atoms with Gasteiger partial charge in [-0.1, -0.05) is 59.3 Å². The van der Waals surface area contributed by atoms with Crippen LogP contribution in [0.1, 0.15) is 22.8 Å². The smallest absolute Gasteiger partial charge is 0.870 e. The second-order valence-electron chi connectivity index (χ2n) is 8.07. The number of nitrogens with one attached hydrogen (secondary N) is 1. The van der Waals surface area contributed by atoms with E-state index in [2.05, 4.69) is 15.5 Å². The Bertz CT molecular complexity index is 1710. The third-order valence-electron chi connectivity index (χ3n) is 5.51. The van der Waals surface area contributed by atoms with Gasteiger partial charge in [0.25, 0.3) is 16.0 Å². The Balaban J connectivity index is 0.00000420. The van der Waals surface area contributed by atoms with E-state index in [4.69, 9.17) is 27.9 Å². The third kappa shape index (κ3) is 6.72. The van der Waals surface area contributed by atoms with Crippen molar-refractivity contribution >= 4 is 67.1 Å². The van der Waals surface area contributed by atoms with E-state index in [-0.39, 0.29) is 67.8 Å². The molecule has 39 heavy (non-hydrogen) atoms. The number of hydrogen-bond donors (Lipinski definition) is 2.